The molecule has 3 nitrogen and oxygen atoms in total. The molecule has 0 N–H and O–H groups in total. The Morgan fingerprint density at radius 1 is 1.12 bits per heavy atom. The van der Waals surface area contributed by atoms with Crippen LogP contribution in [0.5, 0.6) is 5.75 Å². The summed E-state index contributed by atoms with van der Waals surface area (Å²) >= 11 is 0. The van der Waals surface area contributed by atoms with Gasteiger partial charge in [0.2, 0.25) is 0 Å². The highest BCUT2D eigenvalue weighted by Gasteiger charge is 2.30. The molecule has 0 aliphatic carbocycles. The minimum Gasteiger partial charge on any atom is -0.486 e. The van der Waals surface area contributed by atoms with E-state index in [1.165, 1.54) is 12.1 Å². The number of furan rings is 1. The molecule has 0 radical (unpaired) electrons. The Bertz CT molecular complexity index is 640. The Morgan fingerprint density at radius 2 is 1.75 bits per heavy atom. The van der Waals surface area contributed by atoms with Gasteiger partial charge in [-0.3, -0.25) is 0 Å². The van der Waals surface area contributed by atoms with Gasteiger partial charge in [0, 0.05) is 18.5 Å². The number of nitrogens with zero attached hydrogens (tertiary/aromatic N) is 1. The Labute approximate surface area is 140 Å². The summed E-state index contributed by atoms with van der Waals surface area (Å²) in [6, 6.07) is 4.79. The van der Waals surface area contributed by atoms with E-state index in [9.17, 15) is 13.2 Å². The second-order valence-corrected chi connectivity index (χ2v) is 6.11. The van der Waals surface area contributed by atoms with Gasteiger partial charge in [-0.2, -0.15) is 13.2 Å². The van der Waals surface area contributed by atoms with Gasteiger partial charge in [0.1, 0.15) is 17.6 Å². The van der Waals surface area contributed by atoms with Crippen molar-refractivity contribution in [2.45, 2.75) is 32.5 Å². The highest BCUT2D eigenvalue weighted by Crippen LogP contribution is 2.33. The van der Waals surface area contributed by atoms with Crippen LogP contribution in [0.1, 0.15) is 35.0 Å². The molecule has 24 heavy (non-hydrogen) atoms. The van der Waals surface area contributed by atoms with Crippen molar-refractivity contribution in [2.75, 3.05) is 20.6 Å². The summed E-state index contributed by atoms with van der Waals surface area (Å²) in [5, 5.41) is 0. The van der Waals surface area contributed by atoms with Crippen LogP contribution in [0, 0.1) is 13.8 Å². The molecule has 0 spiro atoms. The van der Waals surface area contributed by atoms with Gasteiger partial charge in [-0.15, -0.1) is 0 Å². The van der Waals surface area contributed by atoms with Gasteiger partial charge in [0.15, 0.2) is 0 Å². The molecule has 6 heteroatoms. The van der Waals surface area contributed by atoms with Crippen LogP contribution >= 0.6 is 0 Å². The van der Waals surface area contributed by atoms with Gasteiger partial charge >= 0.3 is 6.18 Å². The number of aryl methyl sites for hydroxylation is 2. The van der Waals surface area contributed by atoms with Crippen LogP contribution in [0.15, 0.2) is 34.9 Å². The standard InChI is InChI=1S/C18H22F3NO2/c1-12-11-23-13(2)17(12)16(9-10-22(3)4)24-15-7-5-14(6-8-15)18(19,20)21/h5-8,11,16H,9-10H2,1-4H3. The van der Waals surface area contributed by atoms with Crippen LogP contribution in [0.2, 0.25) is 0 Å². The molecule has 0 saturated carbocycles. The summed E-state index contributed by atoms with van der Waals surface area (Å²) in [5.41, 5.74) is 1.25. The van der Waals surface area contributed by atoms with Crippen molar-refractivity contribution in [3.05, 3.63) is 53.0 Å². The minimum atomic E-state index is -4.35. The summed E-state index contributed by atoms with van der Waals surface area (Å²) in [7, 11) is 3.93. The lowest BCUT2D eigenvalue weighted by Gasteiger charge is -2.22. The molecule has 0 amide bonds. The van der Waals surface area contributed by atoms with E-state index in [1.807, 2.05) is 32.8 Å². The summed E-state index contributed by atoms with van der Waals surface area (Å²) in [5.74, 6) is 1.18. The highest BCUT2D eigenvalue weighted by atomic mass is 19.4. The number of hydrogen-bond donors (Lipinski definition) is 0. The lowest BCUT2D eigenvalue weighted by Crippen LogP contribution is -2.19. The van der Waals surface area contributed by atoms with Crippen LogP contribution < -0.4 is 4.74 Å². The Morgan fingerprint density at radius 3 is 2.21 bits per heavy atom. The normalized spacial score (nSPS) is 13.3. The minimum absolute atomic E-state index is 0.275. The zero-order valence-electron chi connectivity index (χ0n) is 14.3. The van der Waals surface area contributed by atoms with Crippen molar-refractivity contribution in [1.82, 2.24) is 4.90 Å². The van der Waals surface area contributed by atoms with Gasteiger partial charge in [-0.25, -0.2) is 0 Å². The Balaban J connectivity index is 2.22. The van der Waals surface area contributed by atoms with E-state index >= 15 is 0 Å². The molecular formula is C18H22F3NO2. The number of hydrogen-bond acceptors (Lipinski definition) is 3. The van der Waals surface area contributed by atoms with E-state index in [2.05, 4.69) is 0 Å². The van der Waals surface area contributed by atoms with Gasteiger partial charge < -0.3 is 14.1 Å². The van der Waals surface area contributed by atoms with Crippen molar-refractivity contribution in [3.8, 4) is 5.75 Å². The first-order chi connectivity index (χ1) is 11.2. The third kappa shape index (κ3) is 4.54. The lowest BCUT2D eigenvalue weighted by atomic mass is 10.0. The average molecular weight is 341 g/mol. The van der Waals surface area contributed by atoms with Crippen LogP contribution in [0.3, 0.4) is 0 Å². The predicted octanol–water partition coefficient (Wildman–Crippen LogP) is 4.99. The zero-order chi connectivity index (χ0) is 17.9. The van der Waals surface area contributed by atoms with Crippen LogP contribution in [-0.2, 0) is 6.18 Å². The van der Waals surface area contributed by atoms with E-state index in [4.69, 9.17) is 9.15 Å². The van der Waals surface area contributed by atoms with Crippen LogP contribution in [0.4, 0.5) is 13.2 Å². The van der Waals surface area contributed by atoms with E-state index in [-0.39, 0.29) is 6.10 Å². The molecule has 2 aromatic rings. The highest BCUT2D eigenvalue weighted by molar-refractivity contribution is 5.32. The summed E-state index contributed by atoms with van der Waals surface area (Å²) in [6.45, 7) is 4.58. The first-order valence-corrected chi connectivity index (χ1v) is 7.71. The first kappa shape index (κ1) is 18.4. The van der Waals surface area contributed by atoms with E-state index in [0.29, 0.717) is 12.2 Å². The molecule has 2 rings (SSSR count). The lowest BCUT2D eigenvalue weighted by molar-refractivity contribution is -0.137. The quantitative estimate of drug-likeness (QED) is 0.740. The van der Waals surface area contributed by atoms with Crippen molar-refractivity contribution in [3.63, 3.8) is 0 Å². The van der Waals surface area contributed by atoms with Gasteiger partial charge in [0.25, 0.3) is 0 Å². The van der Waals surface area contributed by atoms with Gasteiger partial charge in [-0.05, 0) is 57.8 Å². The third-order valence-electron chi connectivity index (χ3n) is 3.84. The number of benzene rings is 1. The third-order valence-corrected chi connectivity index (χ3v) is 3.84. The monoisotopic (exact) mass is 341 g/mol. The maximum absolute atomic E-state index is 12.7. The Hall–Kier alpha value is -1.95. The molecule has 1 unspecified atom stereocenters. The molecule has 132 valence electrons. The maximum Gasteiger partial charge on any atom is 0.416 e. The first-order valence-electron chi connectivity index (χ1n) is 7.71. The van der Waals surface area contributed by atoms with Crippen LogP contribution in [0.25, 0.3) is 0 Å². The SMILES string of the molecule is Cc1coc(C)c1C(CCN(C)C)Oc1ccc(C(F)(F)F)cc1. The smallest absolute Gasteiger partial charge is 0.416 e. The predicted molar refractivity (Wildman–Crippen MR) is 86.2 cm³/mol. The molecule has 1 atom stereocenters. The van der Waals surface area contributed by atoms with E-state index < -0.39 is 11.7 Å². The molecule has 0 aliphatic rings. The zero-order valence-corrected chi connectivity index (χ0v) is 14.3. The fourth-order valence-corrected chi connectivity index (χ4v) is 2.59. The maximum atomic E-state index is 12.7. The van der Waals surface area contributed by atoms with Crippen LogP contribution in [-0.4, -0.2) is 25.5 Å². The number of halogens is 3. The van der Waals surface area contributed by atoms with Crippen molar-refractivity contribution in [2.24, 2.45) is 0 Å². The second-order valence-electron chi connectivity index (χ2n) is 6.11. The second kappa shape index (κ2) is 7.30. The van der Waals surface area contributed by atoms with Crippen molar-refractivity contribution < 1.29 is 22.3 Å². The summed E-state index contributed by atoms with van der Waals surface area (Å²) < 4.78 is 49.4. The topological polar surface area (TPSA) is 25.6 Å². The number of rotatable bonds is 6. The molecule has 0 aliphatic heterocycles. The Kier molecular flexibility index (Phi) is 5.59. The molecule has 0 bridgehead atoms. The molecule has 1 aromatic heterocycles. The molecule has 0 saturated heterocycles. The average Bonchev–Trinajstić information content (AvgIpc) is 2.82. The van der Waals surface area contributed by atoms with E-state index in [0.717, 1.165) is 35.6 Å². The van der Waals surface area contributed by atoms with Crippen molar-refractivity contribution in [1.29, 1.82) is 0 Å². The van der Waals surface area contributed by atoms with Gasteiger partial charge in [-0.1, -0.05) is 0 Å². The summed E-state index contributed by atoms with van der Waals surface area (Å²) in [6.07, 6.45) is -2.25. The fourth-order valence-electron chi connectivity index (χ4n) is 2.59. The summed E-state index contributed by atoms with van der Waals surface area (Å²) in [4.78, 5) is 2.04. The molecule has 1 heterocycles. The van der Waals surface area contributed by atoms with Crippen molar-refractivity contribution >= 4 is 0 Å². The van der Waals surface area contributed by atoms with E-state index in [1.54, 1.807) is 6.26 Å². The number of alkyl halides is 3. The number of ether oxygens (including phenoxy) is 1. The molecule has 1 aromatic carbocycles. The fraction of sp³-hybridized carbons (Fsp3) is 0.444. The molecule has 0 fully saturated rings. The molecular weight excluding hydrogens is 319 g/mol. The van der Waals surface area contributed by atoms with Gasteiger partial charge in [0.05, 0.1) is 11.8 Å². The largest absolute Gasteiger partial charge is 0.486 e.